The Labute approximate surface area is 172 Å². The smallest absolute Gasteiger partial charge is 0.191 e. The Kier molecular flexibility index (Phi) is 7.41. The number of anilines is 1. The fourth-order valence-electron chi connectivity index (χ4n) is 3.54. The molecule has 1 aliphatic rings. The van der Waals surface area contributed by atoms with Crippen molar-refractivity contribution in [3.8, 4) is 0 Å². The summed E-state index contributed by atoms with van der Waals surface area (Å²) in [4.78, 5) is 11.3. The van der Waals surface area contributed by atoms with Gasteiger partial charge in [0.25, 0.3) is 0 Å². The zero-order valence-corrected chi connectivity index (χ0v) is 17.4. The van der Waals surface area contributed by atoms with E-state index in [4.69, 9.17) is 4.74 Å². The Bertz CT molecular complexity index is 834. The lowest BCUT2D eigenvalue weighted by molar-refractivity contribution is 0.181. The van der Waals surface area contributed by atoms with Crippen molar-refractivity contribution in [2.45, 2.75) is 39.0 Å². The number of nitrogens with zero attached hydrogens (tertiary/aromatic N) is 3. The molecule has 1 aromatic heterocycles. The van der Waals surface area contributed by atoms with Gasteiger partial charge in [0.15, 0.2) is 5.96 Å². The van der Waals surface area contributed by atoms with E-state index < -0.39 is 0 Å². The van der Waals surface area contributed by atoms with Crippen molar-refractivity contribution >= 4 is 11.8 Å². The zero-order chi connectivity index (χ0) is 20.6. The number of aryl methyl sites for hydroxylation is 1. The molecule has 1 saturated heterocycles. The molecule has 1 aliphatic heterocycles. The molecule has 0 atom stereocenters. The predicted molar refractivity (Wildman–Crippen MR) is 115 cm³/mol. The summed E-state index contributed by atoms with van der Waals surface area (Å²) in [6, 6.07) is 11.6. The molecule has 0 saturated carbocycles. The minimum atomic E-state index is -0.243. The summed E-state index contributed by atoms with van der Waals surface area (Å²) in [5.74, 6) is 1.57. The van der Waals surface area contributed by atoms with Crippen molar-refractivity contribution in [3.63, 3.8) is 0 Å². The number of rotatable bonds is 6. The van der Waals surface area contributed by atoms with E-state index in [1.807, 2.05) is 19.1 Å². The third-order valence-corrected chi connectivity index (χ3v) is 5.13. The SMILES string of the molecule is CN=C(NCc1ccc(F)c(COC)c1)NC1CCN(c2cccc(C)n2)CC1. The van der Waals surface area contributed by atoms with Gasteiger partial charge in [-0.1, -0.05) is 12.1 Å². The van der Waals surface area contributed by atoms with Crippen LogP contribution in [0.4, 0.5) is 10.2 Å². The highest BCUT2D eigenvalue weighted by atomic mass is 19.1. The average molecular weight is 400 g/mol. The zero-order valence-electron chi connectivity index (χ0n) is 17.4. The lowest BCUT2D eigenvalue weighted by atomic mass is 10.1. The van der Waals surface area contributed by atoms with E-state index in [-0.39, 0.29) is 12.4 Å². The molecule has 2 aromatic rings. The molecule has 7 heteroatoms. The van der Waals surface area contributed by atoms with Crippen LogP contribution in [0.3, 0.4) is 0 Å². The molecule has 6 nitrogen and oxygen atoms in total. The number of halogens is 1. The molecule has 3 rings (SSSR count). The first kappa shape index (κ1) is 21.0. The van der Waals surface area contributed by atoms with Gasteiger partial charge in [0.05, 0.1) is 6.61 Å². The van der Waals surface area contributed by atoms with Crippen LogP contribution in [0.1, 0.15) is 29.7 Å². The molecule has 0 aliphatic carbocycles. The lowest BCUT2D eigenvalue weighted by Gasteiger charge is -2.34. The van der Waals surface area contributed by atoms with Gasteiger partial charge in [-0.2, -0.15) is 0 Å². The maximum atomic E-state index is 13.8. The van der Waals surface area contributed by atoms with Crippen molar-refractivity contribution in [2.75, 3.05) is 32.1 Å². The maximum Gasteiger partial charge on any atom is 0.191 e. The number of guanidine groups is 1. The summed E-state index contributed by atoms with van der Waals surface area (Å²) >= 11 is 0. The molecule has 2 N–H and O–H groups in total. The fourth-order valence-corrected chi connectivity index (χ4v) is 3.54. The number of benzene rings is 1. The first-order chi connectivity index (χ1) is 14.1. The molecule has 29 heavy (non-hydrogen) atoms. The molecule has 0 bridgehead atoms. The number of nitrogens with one attached hydrogen (secondary N) is 2. The largest absolute Gasteiger partial charge is 0.380 e. The fraction of sp³-hybridized carbons (Fsp3) is 0.455. The third kappa shape index (κ3) is 5.90. The van der Waals surface area contributed by atoms with E-state index in [9.17, 15) is 4.39 Å². The highest BCUT2D eigenvalue weighted by Gasteiger charge is 2.21. The highest BCUT2D eigenvalue weighted by Crippen LogP contribution is 2.18. The number of hydrogen-bond acceptors (Lipinski definition) is 4. The van der Waals surface area contributed by atoms with Crippen LogP contribution in [0.15, 0.2) is 41.4 Å². The van der Waals surface area contributed by atoms with Crippen molar-refractivity contribution in [3.05, 3.63) is 59.0 Å². The molecule has 2 heterocycles. The number of aromatic nitrogens is 1. The van der Waals surface area contributed by atoms with Crippen LogP contribution < -0.4 is 15.5 Å². The number of aliphatic imine (C=N–C) groups is 1. The summed E-state index contributed by atoms with van der Waals surface area (Å²) in [6.45, 7) is 4.78. The lowest BCUT2D eigenvalue weighted by Crippen LogP contribution is -2.48. The minimum Gasteiger partial charge on any atom is -0.380 e. The molecule has 0 unspecified atom stereocenters. The number of piperidine rings is 1. The van der Waals surface area contributed by atoms with Gasteiger partial charge in [-0.15, -0.1) is 0 Å². The van der Waals surface area contributed by atoms with Crippen molar-refractivity contribution in [1.29, 1.82) is 0 Å². The van der Waals surface area contributed by atoms with Crippen molar-refractivity contribution in [1.82, 2.24) is 15.6 Å². The van der Waals surface area contributed by atoms with E-state index in [1.54, 1.807) is 20.2 Å². The highest BCUT2D eigenvalue weighted by molar-refractivity contribution is 5.80. The van der Waals surface area contributed by atoms with Crippen LogP contribution in [0.2, 0.25) is 0 Å². The summed E-state index contributed by atoms with van der Waals surface area (Å²) in [6.07, 6.45) is 2.04. The van der Waals surface area contributed by atoms with Crippen molar-refractivity contribution in [2.24, 2.45) is 4.99 Å². The Morgan fingerprint density at radius 3 is 2.76 bits per heavy atom. The second-order valence-electron chi connectivity index (χ2n) is 7.33. The van der Waals surface area contributed by atoms with Crippen molar-refractivity contribution < 1.29 is 9.13 Å². The first-order valence-corrected chi connectivity index (χ1v) is 10.0. The maximum absolute atomic E-state index is 13.8. The molecular weight excluding hydrogens is 369 g/mol. The van der Waals surface area contributed by atoms with Crippen LogP contribution in [0.25, 0.3) is 0 Å². The second kappa shape index (κ2) is 10.2. The van der Waals surface area contributed by atoms with Crippen LogP contribution in [0.5, 0.6) is 0 Å². The van der Waals surface area contributed by atoms with Gasteiger partial charge < -0.3 is 20.3 Å². The monoisotopic (exact) mass is 399 g/mol. The van der Waals surface area contributed by atoms with Gasteiger partial charge in [-0.05, 0) is 49.6 Å². The topological polar surface area (TPSA) is 61.8 Å². The number of pyridine rings is 1. The van der Waals surface area contributed by atoms with Gasteiger partial charge in [0.2, 0.25) is 0 Å². The standard InChI is InChI=1S/C22H30FN5O/c1-16-5-4-6-21(26-16)28-11-9-19(10-12-28)27-22(24-2)25-14-17-7-8-20(23)18(13-17)15-29-3/h4-8,13,19H,9-12,14-15H2,1-3H3,(H2,24,25,27). The van der Waals surface area contributed by atoms with Gasteiger partial charge in [-0.25, -0.2) is 9.37 Å². The molecule has 0 radical (unpaired) electrons. The van der Waals surface area contributed by atoms with E-state index in [0.29, 0.717) is 18.2 Å². The first-order valence-electron chi connectivity index (χ1n) is 10.0. The van der Waals surface area contributed by atoms with Crippen LogP contribution in [-0.2, 0) is 17.9 Å². The summed E-state index contributed by atoms with van der Waals surface area (Å²) in [7, 11) is 3.33. The van der Waals surface area contributed by atoms with Gasteiger partial charge in [0.1, 0.15) is 11.6 Å². The number of ether oxygens (including phenoxy) is 1. The molecule has 1 aromatic carbocycles. The van der Waals surface area contributed by atoms with Crippen LogP contribution in [0, 0.1) is 12.7 Å². The molecule has 0 amide bonds. The molecule has 1 fully saturated rings. The van der Waals surface area contributed by atoms with E-state index in [1.165, 1.54) is 6.07 Å². The van der Waals surface area contributed by atoms with Crippen LogP contribution in [-0.4, -0.2) is 44.2 Å². The van der Waals surface area contributed by atoms with Gasteiger partial charge >= 0.3 is 0 Å². The third-order valence-electron chi connectivity index (χ3n) is 5.13. The second-order valence-corrected chi connectivity index (χ2v) is 7.33. The Balaban J connectivity index is 1.49. The summed E-state index contributed by atoms with van der Waals surface area (Å²) in [5, 5.41) is 6.83. The minimum absolute atomic E-state index is 0.243. The van der Waals surface area contributed by atoms with E-state index in [0.717, 1.165) is 49.0 Å². The normalized spacial score (nSPS) is 15.4. The van der Waals surface area contributed by atoms with E-state index >= 15 is 0 Å². The summed E-state index contributed by atoms with van der Waals surface area (Å²) in [5.41, 5.74) is 2.59. The van der Waals surface area contributed by atoms with Gasteiger partial charge in [-0.3, -0.25) is 4.99 Å². The van der Waals surface area contributed by atoms with E-state index in [2.05, 4.69) is 37.6 Å². The molecule has 156 valence electrons. The Morgan fingerprint density at radius 1 is 1.28 bits per heavy atom. The molecule has 0 spiro atoms. The average Bonchev–Trinajstić information content (AvgIpc) is 2.74. The van der Waals surface area contributed by atoms with Gasteiger partial charge in [0, 0.05) is 51.1 Å². The van der Waals surface area contributed by atoms with Crippen LogP contribution >= 0.6 is 0 Å². The predicted octanol–water partition coefficient (Wildman–Crippen LogP) is 3.01. The summed E-state index contributed by atoms with van der Waals surface area (Å²) < 4.78 is 18.8. The number of hydrogen-bond donors (Lipinski definition) is 2. The number of methoxy groups -OCH3 is 1. The molecular formula is C22H30FN5O. The quantitative estimate of drug-likeness (QED) is 0.578. The Hall–Kier alpha value is -2.67. The Morgan fingerprint density at radius 2 is 2.07 bits per heavy atom.